The summed E-state index contributed by atoms with van der Waals surface area (Å²) >= 11 is 0. The number of amides is 3. The molecule has 2 aromatic carbocycles. The van der Waals surface area contributed by atoms with Crippen molar-refractivity contribution in [3.63, 3.8) is 0 Å². The van der Waals surface area contributed by atoms with E-state index in [1.807, 2.05) is 31.2 Å². The van der Waals surface area contributed by atoms with Crippen LogP contribution in [0.5, 0.6) is 5.75 Å². The van der Waals surface area contributed by atoms with Crippen molar-refractivity contribution >= 4 is 29.6 Å². The van der Waals surface area contributed by atoms with Crippen LogP contribution in [0.3, 0.4) is 0 Å². The Labute approximate surface area is 186 Å². The molecule has 1 atom stereocenters. The molecule has 0 aliphatic carbocycles. The monoisotopic (exact) mass is 438 g/mol. The van der Waals surface area contributed by atoms with E-state index in [1.54, 1.807) is 24.3 Å². The average molecular weight is 438 g/mol. The molecule has 2 aromatic rings. The topological polar surface area (TPSA) is 118 Å². The fourth-order valence-corrected chi connectivity index (χ4v) is 3.00. The third kappa shape index (κ3) is 7.21. The Morgan fingerprint density at radius 1 is 1.12 bits per heavy atom. The molecule has 32 heavy (non-hydrogen) atoms. The minimum Gasteiger partial charge on any atom is -0.483 e. The smallest absolute Gasteiger partial charge is 0.329 e. The Hall–Kier alpha value is -3.72. The standard InChI is InChI=1S/C23H26N4O5/c1-16-8-10-18(11-9-16)26-21(28)15-32-20-7-3-2-5-17(20)13-25-27-23(30)22(29)24-14-19-6-4-12-31-19/h2-3,5,7-11,13,19H,4,6,12,14-15H2,1H3,(H,24,29)(H,26,28)(H,27,30)/b25-13-/t19-/m1/s1. The number of hydrazone groups is 1. The van der Waals surface area contributed by atoms with Gasteiger partial charge >= 0.3 is 11.8 Å². The second-order valence-electron chi connectivity index (χ2n) is 7.28. The minimum atomic E-state index is -0.880. The van der Waals surface area contributed by atoms with Gasteiger partial charge in [0.25, 0.3) is 5.91 Å². The van der Waals surface area contributed by atoms with Crippen LogP contribution in [-0.2, 0) is 19.1 Å². The fourth-order valence-electron chi connectivity index (χ4n) is 3.00. The van der Waals surface area contributed by atoms with E-state index in [9.17, 15) is 14.4 Å². The SMILES string of the molecule is Cc1ccc(NC(=O)COc2ccccc2/C=N\NC(=O)C(=O)NC[C@H]2CCCO2)cc1. The maximum absolute atomic E-state index is 12.1. The van der Waals surface area contributed by atoms with E-state index in [2.05, 4.69) is 21.2 Å². The molecule has 0 spiro atoms. The molecule has 1 saturated heterocycles. The Balaban J connectivity index is 1.46. The normalized spacial score (nSPS) is 15.3. The van der Waals surface area contributed by atoms with Crippen LogP contribution in [-0.4, -0.2) is 49.8 Å². The zero-order chi connectivity index (χ0) is 22.8. The van der Waals surface area contributed by atoms with Crippen molar-refractivity contribution in [1.29, 1.82) is 0 Å². The van der Waals surface area contributed by atoms with Gasteiger partial charge in [0.15, 0.2) is 6.61 Å². The summed E-state index contributed by atoms with van der Waals surface area (Å²) in [6, 6.07) is 14.3. The molecule has 0 saturated carbocycles. The summed E-state index contributed by atoms with van der Waals surface area (Å²) in [5, 5.41) is 9.08. The maximum atomic E-state index is 12.1. The first-order valence-corrected chi connectivity index (χ1v) is 10.3. The molecule has 3 N–H and O–H groups in total. The molecule has 1 aliphatic rings. The highest BCUT2D eigenvalue weighted by Crippen LogP contribution is 2.16. The van der Waals surface area contributed by atoms with Gasteiger partial charge in [-0.05, 0) is 44.0 Å². The summed E-state index contributed by atoms with van der Waals surface area (Å²) in [4.78, 5) is 35.8. The molecule has 1 aliphatic heterocycles. The van der Waals surface area contributed by atoms with Crippen molar-refractivity contribution < 1.29 is 23.9 Å². The zero-order valence-electron chi connectivity index (χ0n) is 17.8. The third-order valence-electron chi connectivity index (χ3n) is 4.70. The van der Waals surface area contributed by atoms with Crippen LogP contribution in [0.4, 0.5) is 5.69 Å². The molecule has 0 unspecified atom stereocenters. The van der Waals surface area contributed by atoms with Crippen LogP contribution in [0.15, 0.2) is 53.6 Å². The number of nitrogens with one attached hydrogen (secondary N) is 3. The fraction of sp³-hybridized carbons (Fsp3) is 0.304. The second kappa shape index (κ2) is 11.6. The van der Waals surface area contributed by atoms with Gasteiger partial charge in [0.1, 0.15) is 5.75 Å². The van der Waals surface area contributed by atoms with Gasteiger partial charge in [-0.15, -0.1) is 0 Å². The molecular weight excluding hydrogens is 412 g/mol. The van der Waals surface area contributed by atoms with Gasteiger partial charge in [-0.2, -0.15) is 5.10 Å². The van der Waals surface area contributed by atoms with Crippen LogP contribution < -0.4 is 20.8 Å². The molecule has 3 rings (SSSR count). The molecule has 0 aromatic heterocycles. The highest BCUT2D eigenvalue weighted by atomic mass is 16.5. The molecule has 0 bridgehead atoms. The number of carbonyl (C=O) groups excluding carboxylic acids is 3. The van der Waals surface area contributed by atoms with E-state index in [0.29, 0.717) is 23.6 Å². The lowest BCUT2D eigenvalue weighted by molar-refractivity contribution is -0.139. The largest absolute Gasteiger partial charge is 0.483 e. The van der Waals surface area contributed by atoms with E-state index >= 15 is 0 Å². The van der Waals surface area contributed by atoms with E-state index in [1.165, 1.54) is 6.21 Å². The number of benzene rings is 2. The lowest BCUT2D eigenvalue weighted by Crippen LogP contribution is -2.41. The number of hydrogen-bond acceptors (Lipinski definition) is 6. The first-order valence-electron chi connectivity index (χ1n) is 10.3. The molecule has 9 nitrogen and oxygen atoms in total. The number of aryl methyl sites for hydroxylation is 1. The molecule has 9 heteroatoms. The van der Waals surface area contributed by atoms with Gasteiger partial charge in [0.2, 0.25) is 0 Å². The number of hydrogen-bond donors (Lipinski definition) is 3. The Bertz CT molecular complexity index is 969. The predicted molar refractivity (Wildman–Crippen MR) is 119 cm³/mol. The molecule has 1 fully saturated rings. The van der Waals surface area contributed by atoms with E-state index in [4.69, 9.17) is 9.47 Å². The Morgan fingerprint density at radius 3 is 2.66 bits per heavy atom. The lowest BCUT2D eigenvalue weighted by atomic mass is 10.2. The number of nitrogens with zero attached hydrogens (tertiary/aromatic N) is 1. The van der Waals surface area contributed by atoms with E-state index < -0.39 is 11.8 Å². The van der Waals surface area contributed by atoms with Gasteiger partial charge in [0, 0.05) is 24.4 Å². The first-order chi connectivity index (χ1) is 15.5. The maximum Gasteiger partial charge on any atom is 0.329 e. The summed E-state index contributed by atoms with van der Waals surface area (Å²) < 4.78 is 11.0. The van der Waals surface area contributed by atoms with Crippen molar-refractivity contribution in [1.82, 2.24) is 10.7 Å². The molecule has 0 radical (unpaired) electrons. The summed E-state index contributed by atoms with van der Waals surface area (Å²) in [5.41, 5.74) is 4.49. The van der Waals surface area contributed by atoms with Gasteiger partial charge in [-0.1, -0.05) is 29.8 Å². The summed E-state index contributed by atoms with van der Waals surface area (Å²) in [5.74, 6) is -1.56. The third-order valence-corrected chi connectivity index (χ3v) is 4.70. The highest BCUT2D eigenvalue weighted by molar-refractivity contribution is 6.35. The number of carbonyl (C=O) groups is 3. The Morgan fingerprint density at radius 2 is 1.91 bits per heavy atom. The lowest BCUT2D eigenvalue weighted by Gasteiger charge is -2.10. The molecular formula is C23H26N4O5. The van der Waals surface area contributed by atoms with Crippen LogP contribution in [0.2, 0.25) is 0 Å². The van der Waals surface area contributed by atoms with Crippen molar-refractivity contribution in [3.05, 3.63) is 59.7 Å². The van der Waals surface area contributed by atoms with Gasteiger partial charge in [-0.25, -0.2) is 5.43 Å². The number of ether oxygens (including phenoxy) is 2. The Kier molecular flexibility index (Phi) is 8.33. The molecule has 3 amide bonds. The summed E-state index contributed by atoms with van der Waals surface area (Å²) in [6.07, 6.45) is 3.10. The van der Waals surface area contributed by atoms with E-state index in [-0.39, 0.29) is 25.2 Å². The first kappa shape index (κ1) is 23.0. The molecule has 168 valence electrons. The highest BCUT2D eigenvalue weighted by Gasteiger charge is 2.19. The summed E-state index contributed by atoms with van der Waals surface area (Å²) in [7, 11) is 0. The predicted octanol–water partition coefficient (Wildman–Crippen LogP) is 1.76. The van der Waals surface area contributed by atoms with Gasteiger partial charge in [-0.3, -0.25) is 14.4 Å². The number of rotatable bonds is 8. The molecule has 1 heterocycles. The van der Waals surface area contributed by atoms with Crippen molar-refractivity contribution in [2.45, 2.75) is 25.9 Å². The van der Waals surface area contributed by atoms with Gasteiger partial charge in [0.05, 0.1) is 12.3 Å². The van der Waals surface area contributed by atoms with Crippen molar-refractivity contribution in [2.24, 2.45) is 5.10 Å². The quantitative estimate of drug-likeness (QED) is 0.330. The van der Waals surface area contributed by atoms with Crippen LogP contribution in [0, 0.1) is 6.92 Å². The van der Waals surface area contributed by atoms with E-state index in [0.717, 1.165) is 18.4 Å². The average Bonchev–Trinajstić information content (AvgIpc) is 3.32. The van der Waals surface area contributed by atoms with Crippen molar-refractivity contribution in [2.75, 3.05) is 25.1 Å². The number of para-hydroxylation sites is 1. The zero-order valence-corrected chi connectivity index (χ0v) is 17.8. The van der Waals surface area contributed by atoms with Gasteiger partial charge < -0.3 is 20.1 Å². The van der Waals surface area contributed by atoms with Crippen molar-refractivity contribution in [3.8, 4) is 5.75 Å². The van der Waals surface area contributed by atoms with Crippen LogP contribution in [0.1, 0.15) is 24.0 Å². The minimum absolute atomic E-state index is 0.0533. The second-order valence-corrected chi connectivity index (χ2v) is 7.28. The number of anilines is 1. The summed E-state index contributed by atoms with van der Waals surface area (Å²) in [6.45, 7) is 2.73. The van der Waals surface area contributed by atoms with Crippen LogP contribution >= 0.6 is 0 Å². The van der Waals surface area contributed by atoms with Crippen LogP contribution in [0.25, 0.3) is 0 Å².